The molecule has 2 aliphatic rings. The van der Waals surface area contributed by atoms with Gasteiger partial charge in [0.2, 0.25) is 0 Å². The molecule has 0 atom stereocenters. The van der Waals surface area contributed by atoms with E-state index in [0.717, 1.165) is 65.3 Å². The summed E-state index contributed by atoms with van der Waals surface area (Å²) in [5.41, 5.74) is 6.49. The third-order valence-electron chi connectivity index (χ3n) is 6.19. The fourth-order valence-electron chi connectivity index (χ4n) is 4.16. The van der Waals surface area contributed by atoms with E-state index in [9.17, 15) is 0 Å². The van der Waals surface area contributed by atoms with Crippen molar-refractivity contribution in [2.75, 3.05) is 38.1 Å². The molecule has 0 N–H and O–H groups in total. The van der Waals surface area contributed by atoms with Crippen LogP contribution in [-0.4, -0.2) is 53.1 Å². The molecule has 3 heterocycles. The molecule has 2 aromatic heterocycles. The van der Waals surface area contributed by atoms with Crippen molar-refractivity contribution in [2.24, 2.45) is 0 Å². The van der Waals surface area contributed by atoms with Gasteiger partial charge in [0.25, 0.3) is 0 Å². The van der Waals surface area contributed by atoms with Gasteiger partial charge in [0.05, 0.1) is 5.52 Å². The minimum Gasteiger partial charge on any atom is -0.353 e. The van der Waals surface area contributed by atoms with Crippen molar-refractivity contribution >= 4 is 22.3 Å². The molecule has 1 aliphatic carbocycles. The van der Waals surface area contributed by atoms with Crippen molar-refractivity contribution in [1.29, 1.82) is 0 Å². The lowest BCUT2D eigenvalue weighted by molar-refractivity contribution is 0.312. The highest BCUT2D eigenvalue weighted by Crippen LogP contribution is 2.39. The molecule has 0 spiro atoms. The average Bonchev–Trinajstić information content (AvgIpc) is 3.58. The van der Waals surface area contributed by atoms with E-state index in [-0.39, 0.29) is 0 Å². The van der Waals surface area contributed by atoms with Gasteiger partial charge in [0.15, 0.2) is 0 Å². The van der Waals surface area contributed by atoms with Crippen LogP contribution >= 0.6 is 0 Å². The third-order valence-corrected chi connectivity index (χ3v) is 6.19. The summed E-state index contributed by atoms with van der Waals surface area (Å²) >= 11 is 0. The molecule has 0 unspecified atom stereocenters. The van der Waals surface area contributed by atoms with Crippen LogP contribution in [0.1, 0.15) is 41.3 Å². The highest BCUT2D eigenvalue weighted by atomic mass is 15.3. The van der Waals surface area contributed by atoms with E-state index in [1.807, 2.05) is 0 Å². The van der Waals surface area contributed by atoms with Gasteiger partial charge < -0.3 is 9.80 Å². The summed E-state index contributed by atoms with van der Waals surface area (Å²) in [5, 5.41) is 1.09. The SMILES string of the molecule is C=C(c1ccc2ncnc(N3CCN(C)CC3)c2c1)c1ccc(C2CC2)nc1C. The number of hydrogen-bond acceptors (Lipinski definition) is 5. The van der Waals surface area contributed by atoms with E-state index < -0.39 is 0 Å². The maximum atomic E-state index is 4.84. The standard InChI is InChI=1S/C24H27N5/c1-16(20-7-9-22(18-4-5-18)27-17(20)2)19-6-8-23-21(14-19)24(26-15-25-23)29-12-10-28(3)11-13-29/h6-9,14-15,18H,1,4-5,10-13H2,2-3H3. The Labute approximate surface area is 172 Å². The number of aromatic nitrogens is 3. The maximum absolute atomic E-state index is 4.84. The fraction of sp³-hybridized carbons (Fsp3) is 0.375. The van der Waals surface area contributed by atoms with E-state index in [1.165, 1.54) is 18.5 Å². The van der Waals surface area contributed by atoms with Crippen molar-refractivity contribution < 1.29 is 0 Å². The van der Waals surface area contributed by atoms with E-state index in [2.05, 4.69) is 70.6 Å². The zero-order valence-corrected chi connectivity index (χ0v) is 17.2. The Balaban J connectivity index is 1.50. The highest BCUT2D eigenvalue weighted by Gasteiger charge is 2.25. The Bertz CT molecular complexity index is 1080. The molecule has 0 bridgehead atoms. The number of hydrogen-bond donors (Lipinski definition) is 0. The summed E-state index contributed by atoms with van der Waals surface area (Å²) in [7, 11) is 2.17. The number of likely N-dealkylation sites (N-methyl/N-ethyl adjacent to an activating group) is 1. The van der Waals surface area contributed by atoms with Crippen molar-refractivity contribution in [3.05, 3.63) is 65.8 Å². The van der Waals surface area contributed by atoms with Gasteiger partial charge in [-0.25, -0.2) is 9.97 Å². The van der Waals surface area contributed by atoms with E-state index in [1.54, 1.807) is 6.33 Å². The Morgan fingerprint density at radius 1 is 1.03 bits per heavy atom. The molecule has 1 saturated carbocycles. The van der Waals surface area contributed by atoms with Crippen LogP contribution in [0.25, 0.3) is 16.5 Å². The van der Waals surface area contributed by atoms with Crippen molar-refractivity contribution in [3.63, 3.8) is 0 Å². The second kappa shape index (κ2) is 7.23. The molecule has 1 aliphatic heterocycles. The molecule has 5 nitrogen and oxygen atoms in total. The zero-order valence-electron chi connectivity index (χ0n) is 17.2. The van der Waals surface area contributed by atoms with E-state index in [0.29, 0.717) is 5.92 Å². The maximum Gasteiger partial charge on any atom is 0.139 e. The molecular formula is C24H27N5. The first-order valence-corrected chi connectivity index (χ1v) is 10.5. The zero-order chi connectivity index (χ0) is 20.0. The van der Waals surface area contributed by atoms with Crippen LogP contribution in [0.4, 0.5) is 5.82 Å². The number of pyridine rings is 1. The summed E-state index contributed by atoms with van der Waals surface area (Å²) in [6, 6.07) is 10.7. The lowest BCUT2D eigenvalue weighted by Crippen LogP contribution is -2.44. The normalized spacial score (nSPS) is 17.7. The van der Waals surface area contributed by atoms with Crippen LogP contribution < -0.4 is 4.90 Å². The average molecular weight is 386 g/mol. The molecule has 2 fully saturated rings. The topological polar surface area (TPSA) is 45.2 Å². The molecular weight excluding hydrogens is 358 g/mol. The van der Waals surface area contributed by atoms with Gasteiger partial charge in [-0.3, -0.25) is 4.98 Å². The molecule has 148 valence electrons. The smallest absolute Gasteiger partial charge is 0.139 e. The van der Waals surface area contributed by atoms with Gasteiger partial charge in [-0.2, -0.15) is 0 Å². The van der Waals surface area contributed by atoms with Crippen LogP contribution in [0.15, 0.2) is 43.2 Å². The van der Waals surface area contributed by atoms with Crippen LogP contribution in [-0.2, 0) is 0 Å². The first kappa shape index (κ1) is 18.3. The second-order valence-electron chi connectivity index (χ2n) is 8.34. The minimum absolute atomic E-state index is 0.667. The van der Waals surface area contributed by atoms with Crippen LogP contribution in [0, 0.1) is 6.92 Å². The first-order valence-electron chi connectivity index (χ1n) is 10.5. The molecule has 29 heavy (non-hydrogen) atoms. The predicted molar refractivity (Wildman–Crippen MR) is 118 cm³/mol. The summed E-state index contributed by atoms with van der Waals surface area (Å²) in [4.78, 5) is 18.7. The Hall–Kier alpha value is -2.79. The van der Waals surface area contributed by atoms with Crippen molar-refractivity contribution in [3.8, 4) is 0 Å². The Morgan fingerprint density at radius 3 is 2.55 bits per heavy atom. The largest absolute Gasteiger partial charge is 0.353 e. The number of aryl methyl sites for hydroxylation is 1. The molecule has 0 radical (unpaired) electrons. The van der Waals surface area contributed by atoms with E-state index in [4.69, 9.17) is 4.98 Å². The lowest BCUT2D eigenvalue weighted by atomic mass is 9.96. The van der Waals surface area contributed by atoms with Gasteiger partial charge in [0, 0.05) is 54.4 Å². The fourth-order valence-corrected chi connectivity index (χ4v) is 4.16. The molecule has 3 aromatic rings. The van der Waals surface area contributed by atoms with Crippen molar-refractivity contribution in [1.82, 2.24) is 19.9 Å². The van der Waals surface area contributed by atoms with Gasteiger partial charge >= 0.3 is 0 Å². The summed E-state index contributed by atoms with van der Waals surface area (Å²) < 4.78 is 0. The van der Waals surface area contributed by atoms with Crippen LogP contribution in [0.2, 0.25) is 0 Å². The van der Waals surface area contributed by atoms with Crippen LogP contribution in [0.5, 0.6) is 0 Å². The number of nitrogens with zero attached hydrogens (tertiary/aromatic N) is 5. The number of benzene rings is 1. The molecule has 1 aromatic carbocycles. The van der Waals surface area contributed by atoms with Gasteiger partial charge in [-0.05, 0) is 56.1 Å². The Kier molecular flexibility index (Phi) is 4.55. The molecule has 1 saturated heterocycles. The number of rotatable bonds is 4. The van der Waals surface area contributed by atoms with Gasteiger partial charge in [0.1, 0.15) is 12.1 Å². The molecule has 5 rings (SSSR count). The van der Waals surface area contributed by atoms with Crippen molar-refractivity contribution in [2.45, 2.75) is 25.7 Å². The molecule has 0 amide bonds. The van der Waals surface area contributed by atoms with E-state index >= 15 is 0 Å². The third kappa shape index (κ3) is 3.51. The summed E-state index contributed by atoms with van der Waals surface area (Å²) in [6.45, 7) is 10.6. The quantitative estimate of drug-likeness (QED) is 0.679. The molecule has 5 heteroatoms. The summed E-state index contributed by atoms with van der Waals surface area (Å²) in [6.07, 6.45) is 4.22. The summed E-state index contributed by atoms with van der Waals surface area (Å²) in [5.74, 6) is 1.69. The minimum atomic E-state index is 0.667. The predicted octanol–water partition coefficient (Wildman–Crippen LogP) is 4.02. The van der Waals surface area contributed by atoms with Gasteiger partial charge in [-0.15, -0.1) is 0 Å². The first-order chi connectivity index (χ1) is 14.1. The number of piperazine rings is 1. The van der Waals surface area contributed by atoms with Gasteiger partial charge in [-0.1, -0.05) is 18.7 Å². The number of fused-ring (bicyclic) bond motifs is 1. The van der Waals surface area contributed by atoms with Crippen LogP contribution in [0.3, 0.4) is 0 Å². The lowest BCUT2D eigenvalue weighted by Gasteiger charge is -2.33. The highest BCUT2D eigenvalue weighted by molar-refractivity contribution is 5.93. The Morgan fingerprint density at radius 2 is 1.83 bits per heavy atom. The monoisotopic (exact) mass is 385 g/mol. The second-order valence-corrected chi connectivity index (χ2v) is 8.34. The number of anilines is 1.